The van der Waals surface area contributed by atoms with Crippen LogP contribution < -0.4 is 4.74 Å². The Balaban J connectivity index is 0.00000256. The van der Waals surface area contributed by atoms with E-state index in [4.69, 9.17) is 4.74 Å². The van der Waals surface area contributed by atoms with Crippen molar-refractivity contribution in [2.24, 2.45) is 0 Å². The first-order valence-electron chi connectivity index (χ1n) is 5.57. The van der Waals surface area contributed by atoms with Gasteiger partial charge in [-0.15, -0.1) is 0 Å². The van der Waals surface area contributed by atoms with E-state index in [9.17, 15) is 4.79 Å². The average molecular weight is 403 g/mol. The van der Waals surface area contributed by atoms with Gasteiger partial charge in [-0.1, -0.05) is 6.42 Å². The summed E-state index contributed by atoms with van der Waals surface area (Å²) < 4.78 is 5.27. The second-order valence-corrected chi connectivity index (χ2v) is 4.02. The summed E-state index contributed by atoms with van der Waals surface area (Å²) in [7, 11) is 1.65. The summed E-state index contributed by atoms with van der Waals surface area (Å²) in [6.45, 7) is 7.67. The van der Waals surface area contributed by atoms with Crippen molar-refractivity contribution in [2.45, 2.75) is 33.1 Å². The van der Waals surface area contributed by atoms with Gasteiger partial charge in [0.2, 0.25) is 0 Å². The molecule has 0 aliphatic heterocycles. The maximum Gasteiger partial charge on any atom is 0.162 e. The minimum absolute atomic E-state index is 0. The van der Waals surface area contributed by atoms with Crippen LogP contribution in [0.5, 0.6) is 5.75 Å². The molecule has 0 saturated heterocycles. The Bertz CT molecular complexity index is 363. The molecule has 0 bridgehead atoms. The molecular weight excluding hydrogens is 384 g/mol. The van der Waals surface area contributed by atoms with Gasteiger partial charge in [0, 0.05) is 33.0 Å². The molecule has 1 aromatic rings. The number of unbranched alkanes of at least 4 members (excludes halogenated alkanes) is 1. The van der Waals surface area contributed by atoms with Gasteiger partial charge in [0.15, 0.2) is 5.78 Å². The van der Waals surface area contributed by atoms with Crippen LogP contribution in [0.15, 0.2) is 12.1 Å². The number of hydrogen-bond acceptors (Lipinski definition) is 2. The molecule has 0 aromatic heterocycles. The molecule has 0 radical (unpaired) electrons. The third-order valence-corrected chi connectivity index (χ3v) is 2.64. The van der Waals surface area contributed by atoms with Crippen LogP contribution in [-0.4, -0.2) is 12.9 Å². The number of hydrogen-bond donors (Lipinski definition) is 0. The van der Waals surface area contributed by atoms with E-state index in [1.807, 2.05) is 26.0 Å². The van der Waals surface area contributed by atoms with Gasteiger partial charge in [-0.3, -0.25) is 4.79 Å². The number of Topliss-reactive ketones (excluding diaryl/α,β-unsaturated/α-hetero) is 1. The maximum atomic E-state index is 11.8. The number of carbonyl (C=O) groups is 1. The number of ketones is 1. The third-order valence-electron chi connectivity index (χ3n) is 2.64. The number of rotatable bonds is 5. The molecule has 0 fully saturated rings. The Hall–Kier alpha value is -0.622. The van der Waals surface area contributed by atoms with E-state index < -0.39 is 0 Å². The van der Waals surface area contributed by atoms with Gasteiger partial charge in [0.05, 0.1) is 7.11 Å². The number of methoxy groups -OCH3 is 1. The first kappa shape index (κ1) is 16.4. The molecule has 0 aliphatic carbocycles. The molecule has 0 aliphatic rings. The zero-order chi connectivity index (χ0) is 12.1. The average Bonchev–Trinajstić information content (AvgIpc) is 2.25. The number of aryl methyl sites for hydroxylation is 2. The summed E-state index contributed by atoms with van der Waals surface area (Å²) in [5.74, 6) is 1.06. The van der Waals surface area contributed by atoms with Crippen LogP contribution in [-0.2, 0) is 21.1 Å². The fourth-order valence-corrected chi connectivity index (χ4v) is 1.86. The third kappa shape index (κ3) is 4.27. The molecule has 2 nitrogen and oxygen atoms in total. The van der Waals surface area contributed by atoms with Crippen molar-refractivity contribution in [3.63, 3.8) is 0 Å². The number of ether oxygens (including phenoxy) is 1. The fourth-order valence-electron chi connectivity index (χ4n) is 1.86. The summed E-state index contributed by atoms with van der Waals surface area (Å²) in [6.07, 6.45) is 2.23. The standard InChI is InChI=1S/C14H19O2.W/c1-5-6-7-13(15)12-8-10(2)14(16-4)11(3)9-12;/h8-9H,1,5-7H2,2-4H3;/q-1;. The first-order chi connectivity index (χ1) is 7.60. The zero-order valence-corrected chi connectivity index (χ0v) is 13.6. The molecule has 0 amide bonds. The predicted octanol–water partition coefficient (Wildman–Crippen LogP) is 3.50. The van der Waals surface area contributed by atoms with E-state index in [2.05, 4.69) is 6.92 Å². The van der Waals surface area contributed by atoms with Crippen molar-refractivity contribution in [3.05, 3.63) is 35.7 Å². The predicted molar refractivity (Wildman–Crippen MR) is 66.0 cm³/mol. The Morgan fingerprint density at radius 2 is 1.82 bits per heavy atom. The Morgan fingerprint density at radius 1 is 1.29 bits per heavy atom. The minimum atomic E-state index is 0. The molecule has 0 heterocycles. The maximum absolute atomic E-state index is 11.8. The smallest absolute Gasteiger partial charge is 0.162 e. The van der Waals surface area contributed by atoms with Crippen molar-refractivity contribution in [2.75, 3.05) is 7.11 Å². The van der Waals surface area contributed by atoms with Crippen LogP contribution in [0.4, 0.5) is 0 Å². The van der Waals surface area contributed by atoms with Crippen molar-refractivity contribution in [1.82, 2.24) is 0 Å². The molecule has 1 aromatic carbocycles. The largest absolute Gasteiger partial charge is 0.496 e. The summed E-state index contributed by atoms with van der Waals surface area (Å²) in [4.78, 5) is 11.8. The zero-order valence-electron chi connectivity index (χ0n) is 10.7. The van der Waals surface area contributed by atoms with Gasteiger partial charge < -0.3 is 11.7 Å². The Labute approximate surface area is 118 Å². The summed E-state index contributed by atoms with van der Waals surface area (Å²) >= 11 is 0. The van der Waals surface area contributed by atoms with Gasteiger partial charge in [-0.05, 0) is 37.1 Å². The summed E-state index contributed by atoms with van der Waals surface area (Å²) in [6, 6.07) is 3.80. The van der Waals surface area contributed by atoms with Crippen LogP contribution in [0.3, 0.4) is 0 Å². The van der Waals surface area contributed by atoms with Crippen molar-refractivity contribution < 1.29 is 30.6 Å². The number of benzene rings is 1. The molecule has 17 heavy (non-hydrogen) atoms. The van der Waals surface area contributed by atoms with Gasteiger partial charge in [-0.25, -0.2) is 0 Å². The van der Waals surface area contributed by atoms with E-state index >= 15 is 0 Å². The van der Waals surface area contributed by atoms with Crippen LogP contribution in [0.2, 0.25) is 0 Å². The van der Waals surface area contributed by atoms with Gasteiger partial charge >= 0.3 is 0 Å². The van der Waals surface area contributed by atoms with Crippen molar-refractivity contribution >= 4 is 5.78 Å². The quantitative estimate of drug-likeness (QED) is 0.556. The number of carbonyl (C=O) groups excluding carboxylic acids is 1. The van der Waals surface area contributed by atoms with E-state index in [0.717, 1.165) is 35.3 Å². The minimum Gasteiger partial charge on any atom is -0.496 e. The van der Waals surface area contributed by atoms with Crippen LogP contribution in [0.1, 0.15) is 40.7 Å². The van der Waals surface area contributed by atoms with Gasteiger partial charge in [0.25, 0.3) is 0 Å². The van der Waals surface area contributed by atoms with Crippen molar-refractivity contribution in [3.8, 4) is 5.75 Å². The second-order valence-electron chi connectivity index (χ2n) is 4.02. The molecule has 0 atom stereocenters. The summed E-state index contributed by atoms with van der Waals surface area (Å²) in [5, 5.41) is 0. The molecule has 0 N–H and O–H groups in total. The van der Waals surface area contributed by atoms with Crippen molar-refractivity contribution in [1.29, 1.82) is 0 Å². The molecule has 1 rings (SSSR count). The van der Waals surface area contributed by atoms with E-state index in [0.29, 0.717) is 6.42 Å². The Morgan fingerprint density at radius 3 is 2.24 bits per heavy atom. The molecule has 3 heteroatoms. The normalized spacial score (nSPS) is 9.65. The van der Waals surface area contributed by atoms with Gasteiger partial charge in [0.1, 0.15) is 5.75 Å². The molecule has 0 spiro atoms. The molecule has 0 unspecified atom stereocenters. The monoisotopic (exact) mass is 403 g/mol. The van der Waals surface area contributed by atoms with Crippen LogP contribution in [0, 0.1) is 20.8 Å². The van der Waals surface area contributed by atoms with E-state index in [-0.39, 0.29) is 26.8 Å². The Kier molecular flexibility index (Phi) is 7.38. The van der Waals surface area contributed by atoms with Crippen LogP contribution >= 0.6 is 0 Å². The molecule has 0 saturated carbocycles. The van der Waals surface area contributed by atoms with Crippen LogP contribution in [0.25, 0.3) is 0 Å². The van der Waals surface area contributed by atoms with E-state index in [1.54, 1.807) is 7.11 Å². The summed E-state index contributed by atoms with van der Waals surface area (Å²) in [5.41, 5.74) is 2.81. The van der Waals surface area contributed by atoms with E-state index in [1.165, 1.54) is 0 Å². The first-order valence-corrected chi connectivity index (χ1v) is 5.57. The molecule has 94 valence electrons. The fraction of sp³-hybridized carbons (Fsp3) is 0.429. The SMILES string of the molecule is [CH2-]CCCC(=O)c1cc(C)c(OC)c(C)c1.[W]. The van der Waals surface area contributed by atoms with Gasteiger partial charge in [-0.2, -0.15) is 6.42 Å². The second kappa shape index (κ2) is 7.66. The topological polar surface area (TPSA) is 26.3 Å². The molecular formula is C14H19O2W-.